The Hall–Kier alpha value is -5.70. The van der Waals surface area contributed by atoms with Crippen molar-refractivity contribution in [1.82, 2.24) is 0 Å². The van der Waals surface area contributed by atoms with Crippen LogP contribution in [0.4, 0.5) is 22.7 Å². The smallest absolute Gasteiger partial charge is 0.241 e. The molecule has 4 aromatic rings. The van der Waals surface area contributed by atoms with Crippen LogP contribution in [-0.2, 0) is 19.2 Å². The van der Waals surface area contributed by atoms with Crippen LogP contribution in [0.15, 0.2) is 115 Å². The molecular weight excluding hydrogens is 618 g/mol. The number of fused-ring (bicyclic) bond motifs is 4. The Labute approximate surface area is 283 Å². The van der Waals surface area contributed by atoms with Crippen LogP contribution in [0.1, 0.15) is 31.2 Å². The van der Waals surface area contributed by atoms with Gasteiger partial charge in [-0.2, -0.15) is 0 Å². The van der Waals surface area contributed by atoms with Gasteiger partial charge < -0.3 is 15.2 Å². The summed E-state index contributed by atoms with van der Waals surface area (Å²) in [5.41, 5.74) is 2.73. The van der Waals surface area contributed by atoms with Crippen molar-refractivity contribution in [2.24, 2.45) is 29.1 Å². The van der Waals surface area contributed by atoms with E-state index in [1.54, 1.807) is 55.5 Å². The van der Waals surface area contributed by atoms with Crippen LogP contribution in [0.2, 0.25) is 0 Å². The topological polar surface area (TPSA) is 116 Å². The molecule has 6 atom stereocenters. The maximum absolute atomic E-state index is 14.5. The molecule has 2 aliphatic carbocycles. The summed E-state index contributed by atoms with van der Waals surface area (Å²) in [6, 6.07) is 30.7. The minimum Gasteiger partial charge on any atom is -0.508 e. The van der Waals surface area contributed by atoms with Crippen molar-refractivity contribution < 1.29 is 29.0 Å². The standard InChI is InChI=1S/C40H35N3O6/c1-40-32(37(46)43(39(40)48)25-11-7-4-8-12-25)22-31-28(35(40)29-18-17-27(49-2)21-33(29)44)19-20-30-34(31)38(47)42(36(30)45)26-15-13-24(14-16-26)41-23-9-5-3-6-10-23/h3-19,21,30-32,34-35,41,44H,20,22H2,1-2H3. The average molecular weight is 654 g/mol. The number of carbonyl (C=O) groups is 4. The number of ether oxygens (including phenoxy) is 1. The lowest BCUT2D eigenvalue weighted by Crippen LogP contribution is -2.48. The molecule has 6 unspecified atom stereocenters. The van der Waals surface area contributed by atoms with E-state index in [0.717, 1.165) is 16.9 Å². The van der Waals surface area contributed by atoms with Crippen LogP contribution < -0.4 is 19.9 Å². The van der Waals surface area contributed by atoms with Gasteiger partial charge in [-0.1, -0.05) is 54.1 Å². The fourth-order valence-corrected chi connectivity index (χ4v) is 8.71. The maximum atomic E-state index is 14.5. The molecule has 9 heteroatoms. The summed E-state index contributed by atoms with van der Waals surface area (Å²) < 4.78 is 5.35. The first-order valence-corrected chi connectivity index (χ1v) is 16.5. The van der Waals surface area contributed by atoms with Gasteiger partial charge in [-0.3, -0.25) is 24.1 Å². The van der Waals surface area contributed by atoms with Gasteiger partial charge in [0.15, 0.2) is 0 Å². The highest BCUT2D eigenvalue weighted by Crippen LogP contribution is 2.64. The third-order valence-electron chi connectivity index (χ3n) is 11.0. The molecule has 0 bridgehead atoms. The molecule has 0 aromatic heterocycles. The van der Waals surface area contributed by atoms with Crippen LogP contribution in [0.3, 0.4) is 0 Å². The number of methoxy groups -OCH3 is 1. The number of phenolic OH excluding ortho intramolecular Hbond substituents is 1. The van der Waals surface area contributed by atoms with Crippen molar-refractivity contribution in [3.05, 3.63) is 120 Å². The first-order chi connectivity index (χ1) is 23.7. The Balaban J connectivity index is 1.18. The number of hydrogen-bond donors (Lipinski definition) is 2. The number of aromatic hydroxyl groups is 1. The highest BCUT2D eigenvalue weighted by Gasteiger charge is 2.68. The summed E-state index contributed by atoms with van der Waals surface area (Å²) in [6.07, 6.45) is 2.52. The van der Waals surface area contributed by atoms with Crippen molar-refractivity contribution in [3.63, 3.8) is 0 Å². The van der Waals surface area contributed by atoms with E-state index in [1.807, 2.05) is 54.6 Å². The molecule has 9 nitrogen and oxygen atoms in total. The number of imide groups is 2. The van der Waals surface area contributed by atoms with Crippen LogP contribution in [0.5, 0.6) is 11.5 Å². The van der Waals surface area contributed by atoms with Crippen LogP contribution >= 0.6 is 0 Å². The fraction of sp³-hybridized carbons (Fsp3) is 0.250. The molecule has 2 N–H and O–H groups in total. The third kappa shape index (κ3) is 4.59. The summed E-state index contributed by atoms with van der Waals surface area (Å²) in [7, 11) is 1.50. The predicted molar refractivity (Wildman–Crippen MR) is 184 cm³/mol. The summed E-state index contributed by atoms with van der Waals surface area (Å²) in [5, 5.41) is 14.7. The molecular formula is C40H35N3O6. The SMILES string of the molecule is COc1ccc(C2C3=CCC4C(=O)N(c5ccc(Nc6ccccc6)cc5)C(=O)C4C3CC3C(=O)N(c4ccccc4)C(=O)C32C)c(O)c1. The summed E-state index contributed by atoms with van der Waals surface area (Å²) >= 11 is 0. The number of amides is 4. The molecule has 3 fully saturated rings. The van der Waals surface area contributed by atoms with Gasteiger partial charge in [0.25, 0.3) is 0 Å². The zero-order valence-electron chi connectivity index (χ0n) is 27.1. The molecule has 8 rings (SSSR count). The predicted octanol–water partition coefficient (Wildman–Crippen LogP) is 6.58. The fourth-order valence-electron chi connectivity index (χ4n) is 8.71. The zero-order valence-corrected chi connectivity index (χ0v) is 27.1. The first kappa shape index (κ1) is 30.6. The van der Waals surface area contributed by atoms with Crippen LogP contribution in [0.25, 0.3) is 0 Å². The van der Waals surface area contributed by atoms with E-state index in [2.05, 4.69) is 5.32 Å². The minimum absolute atomic E-state index is 0.0638. The van der Waals surface area contributed by atoms with E-state index in [1.165, 1.54) is 23.0 Å². The van der Waals surface area contributed by atoms with Gasteiger partial charge in [-0.15, -0.1) is 0 Å². The Morgan fingerprint density at radius 3 is 2.08 bits per heavy atom. The van der Waals surface area contributed by atoms with Crippen LogP contribution in [-0.4, -0.2) is 35.8 Å². The molecule has 2 saturated heterocycles. The second kappa shape index (κ2) is 11.5. The number of benzene rings is 4. The van der Waals surface area contributed by atoms with Gasteiger partial charge in [-0.05, 0) is 80.3 Å². The van der Waals surface area contributed by atoms with E-state index in [-0.39, 0.29) is 35.8 Å². The number of para-hydroxylation sites is 2. The molecule has 49 heavy (non-hydrogen) atoms. The van der Waals surface area contributed by atoms with E-state index < -0.39 is 35.0 Å². The number of allylic oxidation sites excluding steroid dienone is 2. The van der Waals surface area contributed by atoms with E-state index in [0.29, 0.717) is 29.1 Å². The van der Waals surface area contributed by atoms with Gasteiger partial charge >= 0.3 is 0 Å². The summed E-state index contributed by atoms with van der Waals surface area (Å²) in [6.45, 7) is 1.80. The normalized spacial score (nSPS) is 27.4. The Morgan fingerprint density at radius 1 is 0.755 bits per heavy atom. The molecule has 2 heterocycles. The van der Waals surface area contributed by atoms with Crippen molar-refractivity contribution in [3.8, 4) is 11.5 Å². The van der Waals surface area contributed by atoms with Crippen LogP contribution in [0, 0.1) is 29.1 Å². The van der Waals surface area contributed by atoms with Crippen molar-refractivity contribution in [2.45, 2.75) is 25.7 Å². The second-order valence-electron chi connectivity index (χ2n) is 13.5. The monoisotopic (exact) mass is 653 g/mol. The Kier molecular flexibility index (Phi) is 7.17. The van der Waals surface area contributed by atoms with Gasteiger partial charge in [0, 0.05) is 28.9 Å². The third-order valence-corrected chi connectivity index (χ3v) is 11.0. The average Bonchev–Trinajstić information content (AvgIpc) is 3.49. The van der Waals surface area contributed by atoms with Gasteiger partial charge in [0.1, 0.15) is 11.5 Å². The van der Waals surface area contributed by atoms with Gasteiger partial charge in [-0.25, -0.2) is 4.90 Å². The number of nitrogens with zero attached hydrogens (tertiary/aromatic N) is 2. The molecule has 4 aromatic carbocycles. The molecule has 1 saturated carbocycles. The lowest BCUT2D eigenvalue weighted by Gasteiger charge is -2.49. The highest BCUT2D eigenvalue weighted by molar-refractivity contribution is 6.25. The Bertz CT molecular complexity index is 2030. The molecule has 246 valence electrons. The number of nitrogens with one attached hydrogen (secondary N) is 1. The second-order valence-corrected chi connectivity index (χ2v) is 13.5. The van der Waals surface area contributed by atoms with Gasteiger partial charge in [0.2, 0.25) is 23.6 Å². The molecule has 0 spiro atoms. The van der Waals surface area contributed by atoms with E-state index in [9.17, 15) is 24.3 Å². The number of phenols is 1. The quantitative estimate of drug-likeness (QED) is 0.178. The Morgan fingerprint density at radius 2 is 1.41 bits per heavy atom. The molecule has 0 radical (unpaired) electrons. The summed E-state index contributed by atoms with van der Waals surface area (Å²) in [4.78, 5) is 59.8. The van der Waals surface area contributed by atoms with E-state index >= 15 is 0 Å². The number of hydrogen-bond acceptors (Lipinski definition) is 7. The largest absolute Gasteiger partial charge is 0.508 e. The maximum Gasteiger partial charge on any atom is 0.241 e. The zero-order chi connectivity index (χ0) is 34.0. The minimum atomic E-state index is -1.25. The first-order valence-electron chi connectivity index (χ1n) is 16.5. The summed E-state index contributed by atoms with van der Waals surface area (Å²) in [5.74, 6) is -4.19. The van der Waals surface area contributed by atoms with Crippen molar-refractivity contribution >= 4 is 46.4 Å². The number of carbonyl (C=O) groups excluding carboxylic acids is 4. The highest BCUT2D eigenvalue weighted by atomic mass is 16.5. The lowest BCUT2D eigenvalue weighted by molar-refractivity contribution is -0.131. The molecule has 4 amide bonds. The van der Waals surface area contributed by atoms with Crippen molar-refractivity contribution in [1.29, 1.82) is 0 Å². The van der Waals surface area contributed by atoms with Crippen molar-refractivity contribution in [2.75, 3.05) is 22.2 Å². The molecule has 4 aliphatic rings. The van der Waals surface area contributed by atoms with E-state index in [4.69, 9.17) is 4.74 Å². The molecule has 2 aliphatic heterocycles. The number of rotatable bonds is 6. The lowest BCUT2D eigenvalue weighted by atomic mass is 9.51. The van der Waals surface area contributed by atoms with Gasteiger partial charge in [0.05, 0.1) is 41.7 Å². The number of anilines is 4.